The molecule has 0 radical (unpaired) electrons. The molecule has 1 aromatic heterocycles. The topological polar surface area (TPSA) is 97.2 Å². The van der Waals surface area contributed by atoms with Crippen molar-refractivity contribution in [2.24, 2.45) is 0 Å². The van der Waals surface area contributed by atoms with Crippen LogP contribution in [0.15, 0.2) is 57.8 Å². The number of aromatic nitrogens is 2. The van der Waals surface area contributed by atoms with Crippen LogP contribution in [0.1, 0.15) is 33.3 Å². The van der Waals surface area contributed by atoms with E-state index in [1.807, 2.05) is 24.3 Å². The van der Waals surface area contributed by atoms with Crippen LogP contribution in [0.2, 0.25) is 0 Å². The summed E-state index contributed by atoms with van der Waals surface area (Å²) in [5.74, 6) is 0.00328. The number of benzene rings is 2. The van der Waals surface area contributed by atoms with E-state index in [0.29, 0.717) is 22.8 Å². The monoisotopic (exact) mass is 381 g/mol. The van der Waals surface area contributed by atoms with E-state index in [2.05, 4.69) is 40.8 Å². The van der Waals surface area contributed by atoms with Crippen molar-refractivity contribution in [2.45, 2.75) is 39.2 Å². The Morgan fingerprint density at radius 3 is 2.50 bits per heavy atom. The Bertz CT molecular complexity index is 1010. The molecule has 3 rings (SSSR count). The molecule has 1 amide bonds. The van der Waals surface area contributed by atoms with E-state index < -0.39 is 11.9 Å². The second-order valence-electron chi connectivity index (χ2n) is 7.55. The van der Waals surface area contributed by atoms with Crippen molar-refractivity contribution in [3.63, 3.8) is 0 Å². The third-order valence-electron chi connectivity index (χ3n) is 4.25. The lowest BCUT2D eigenvalue weighted by molar-refractivity contribution is -0.122. The molecule has 0 aliphatic heterocycles. The summed E-state index contributed by atoms with van der Waals surface area (Å²) >= 11 is 0. The van der Waals surface area contributed by atoms with Gasteiger partial charge >= 0.3 is 5.76 Å². The van der Waals surface area contributed by atoms with Gasteiger partial charge in [-0.25, -0.2) is 4.79 Å². The first kappa shape index (κ1) is 19.4. The van der Waals surface area contributed by atoms with Gasteiger partial charge in [-0.05, 0) is 42.2 Å². The van der Waals surface area contributed by atoms with Gasteiger partial charge in [-0.1, -0.05) is 50.2 Å². The number of ether oxygens (including phenoxy) is 1. The second kappa shape index (κ2) is 7.72. The van der Waals surface area contributed by atoms with Gasteiger partial charge < -0.3 is 10.1 Å². The number of H-pyrrole nitrogens is 1. The number of amides is 1. The normalized spacial score (nSPS) is 12.4. The van der Waals surface area contributed by atoms with Crippen LogP contribution in [0, 0.1) is 0 Å². The zero-order valence-electron chi connectivity index (χ0n) is 16.3. The van der Waals surface area contributed by atoms with Gasteiger partial charge in [0.1, 0.15) is 5.75 Å². The molecule has 0 bridgehead atoms. The van der Waals surface area contributed by atoms with E-state index in [9.17, 15) is 9.59 Å². The van der Waals surface area contributed by atoms with Crippen LogP contribution < -0.4 is 15.8 Å². The number of hydrogen-bond donors (Lipinski definition) is 2. The number of nitrogens with one attached hydrogen (secondary N) is 2. The SMILES string of the molecule is CC(Oc1ccc(C(C)(C)C)cc1)C(=O)Nc1cccc(-c2noc(=O)[nH]2)c1. The van der Waals surface area contributed by atoms with Gasteiger partial charge in [-0.2, -0.15) is 0 Å². The molecule has 7 heteroatoms. The van der Waals surface area contributed by atoms with Gasteiger partial charge in [-0.15, -0.1) is 0 Å². The van der Waals surface area contributed by atoms with Crippen LogP contribution in [-0.4, -0.2) is 22.2 Å². The molecule has 0 aliphatic carbocycles. The molecule has 0 saturated carbocycles. The zero-order chi connectivity index (χ0) is 20.3. The highest BCUT2D eigenvalue weighted by Crippen LogP contribution is 2.25. The molecule has 1 heterocycles. The summed E-state index contributed by atoms with van der Waals surface area (Å²) in [6.07, 6.45) is -0.684. The summed E-state index contributed by atoms with van der Waals surface area (Å²) in [4.78, 5) is 26.0. The summed E-state index contributed by atoms with van der Waals surface area (Å²) in [5, 5.41) is 6.44. The molecule has 0 saturated heterocycles. The number of hydrogen-bond acceptors (Lipinski definition) is 5. The molecule has 2 N–H and O–H groups in total. The first-order chi connectivity index (χ1) is 13.2. The number of nitrogens with zero attached hydrogens (tertiary/aromatic N) is 1. The maximum atomic E-state index is 12.5. The molecule has 0 aliphatic rings. The molecule has 7 nitrogen and oxygen atoms in total. The lowest BCUT2D eigenvalue weighted by atomic mass is 9.87. The van der Waals surface area contributed by atoms with Crippen molar-refractivity contribution in [1.82, 2.24) is 10.1 Å². The van der Waals surface area contributed by atoms with Gasteiger partial charge in [-0.3, -0.25) is 14.3 Å². The molecule has 1 unspecified atom stereocenters. The first-order valence-electron chi connectivity index (χ1n) is 8.97. The highest BCUT2D eigenvalue weighted by atomic mass is 16.5. The standard InChI is InChI=1S/C21H23N3O4/c1-13(27-17-10-8-15(9-11-17)21(2,3)4)19(25)22-16-7-5-6-14(12-16)18-23-20(26)28-24-18/h5-13H,1-4H3,(H,22,25)(H,23,24,26). The Hall–Kier alpha value is -3.35. The fourth-order valence-electron chi connectivity index (χ4n) is 2.63. The van der Waals surface area contributed by atoms with Crippen LogP contribution in [0.25, 0.3) is 11.4 Å². The summed E-state index contributed by atoms with van der Waals surface area (Å²) in [6.45, 7) is 8.11. The van der Waals surface area contributed by atoms with Gasteiger partial charge in [0, 0.05) is 11.3 Å². The molecule has 2 aromatic carbocycles. The smallest absolute Gasteiger partial charge is 0.439 e. The largest absolute Gasteiger partial charge is 0.481 e. The first-order valence-corrected chi connectivity index (χ1v) is 8.97. The Labute approximate surface area is 162 Å². The summed E-state index contributed by atoms with van der Waals surface area (Å²) in [6, 6.07) is 14.7. The van der Waals surface area contributed by atoms with Crippen LogP contribution in [-0.2, 0) is 10.2 Å². The highest BCUT2D eigenvalue weighted by molar-refractivity contribution is 5.94. The summed E-state index contributed by atoms with van der Waals surface area (Å²) < 4.78 is 10.3. The fraction of sp³-hybridized carbons (Fsp3) is 0.286. The fourth-order valence-corrected chi connectivity index (χ4v) is 2.63. The molecule has 1 atom stereocenters. The third kappa shape index (κ3) is 4.68. The van der Waals surface area contributed by atoms with Crippen molar-refractivity contribution < 1.29 is 14.1 Å². The number of carbonyl (C=O) groups is 1. The number of anilines is 1. The van der Waals surface area contributed by atoms with E-state index in [1.54, 1.807) is 31.2 Å². The molecule has 0 spiro atoms. The molecule has 28 heavy (non-hydrogen) atoms. The van der Waals surface area contributed by atoms with E-state index in [-0.39, 0.29) is 11.3 Å². The van der Waals surface area contributed by atoms with Gasteiger partial charge in [0.15, 0.2) is 11.9 Å². The molecular formula is C21H23N3O4. The molecule has 146 valence electrons. The maximum absolute atomic E-state index is 12.5. The molecular weight excluding hydrogens is 358 g/mol. The van der Waals surface area contributed by atoms with Gasteiger partial charge in [0.25, 0.3) is 5.91 Å². The van der Waals surface area contributed by atoms with Gasteiger partial charge in [0.05, 0.1) is 0 Å². The highest BCUT2D eigenvalue weighted by Gasteiger charge is 2.17. The van der Waals surface area contributed by atoms with Crippen molar-refractivity contribution in [1.29, 1.82) is 0 Å². The third-order valence-corrected chi connectivity index (χ3v) is 4.25. The van der Waals surface area contributed by atoms with Crippen molar-refractivity contribution in [2.75, 3.05) is 5.32 Å². The maximum Gasteiger partial charge on any atom is 0.439 e. The minimum absolute atomic E-state index is 0.0562. The van der Waals surface area contributed by atoms with Crippen LogP contribution >= 0.6 is 0 Å². The minimum atomic E-state index is -0.684. The van der Waals surface area contributed by atoms with Gasteiger partial charge in [0.2, 0.25) is 0 Å². The predicted octanol–water partition coefficient (Wildman–Crippen LogP) is 3.73. The van der Waals surface area contributed by atoms with E-state index in [0.717, 1.165) is 0 Å². The average molecular weight is 381 g/mol. The summed E-state index contributed by atoms with van der Waals surface area (Å²) in [7, 11) is 0. The van der Waals surface area contributed by atoms with E-state index >= 15 is 0 Å². The Kier molecular flexibility index (Phi) is 5.35. The summed E-state index contributed by atoms with van der Waals surface area (Å²) in [5.41, 5.74) is 2.43. The van der Waals surface area contributed by atoms with Crippen LogP contribution in [0.4, 0.5) is 5.69 Å². The quantitative estimate of drug-likeness (QED) is 0.702. The van der Waals surface area contributed by atoms with E-state index in [1.165, 1.54) is 5.56 Å². The van der Waals surface area contributed by atoms with Crippen molar-refractivity contribution in [3.8, 4) is 17.1 Å². The average Bonchev–Trinajstić information content (AvgIpc) is 3.08. The number of carbonyl (C=O) groups excluding carboxylic acids is 1. The Balaban J connectivity index is 1.65. The minimum Gasteiger partial charge on any atom is -0.481 e. The number of rotatable bonds is 5. The second-order valence-corrected chi connectivity index (χ2v) is 7.55. The Morgan fingerprint density at radius 1 is 1.18 bits per heavy atom. The zero-order valence-corrected chi connectivity index (χ0v) is 16.3. The van der Waals surface area contributed by atoms with E-state index in [4.69, 9.17) is 4.74 Å². The molecule has 0 fully saturated rings. The van der Waals surface area contributed by atoms with Crippen molar-refractivity contribution in [3.05, 3.63) is 64.6 Å². The lowest BCUT2D eigenvalue weighted by Crippen LogP contribution is -2.30. The van der Waals surface area contributed by atoms with Crippen LogP contribution in [0.3, 0.4) is 0 Å². The number of aromatic amines is 1. The molecule has 3 aromatic rings. The van der Waals surface area contributed by atoms with Crippen molar-refractivity contribution >= 4 is 11.6 Å². The predicted molar refractivity (Wildman–Crippen MR) is 106 cm³/mol. The lowest BCUT2D eigenvalue weighted by Gasteiger charge is -2.20. The van der Waals surface area contributed by atoms with Crippen LogP contribution in [0.5, 0.6) is 5.75 Å². The Morgan fingerprint density at radius 2 is 1.89 bits per heavy atom.